The molecule has 114 valence electrons. The zero-order chi connectivity index (χ0) is 14.6. The summed E-state index contributed by atoms with van der Waals surface area (Å²) in [6, 6.07) is 0. The van der Waals surface area contributed by atoms with E-state index >= 15 is 0 Å². The van der Waals surface area contributed by atoms with Crippen LogP contribution in [0.2, 0.25) is 0 Å². The van der Waals surface area contributed by atoms with Gasteiger partial charge in [0, 0.05) is 5.92 Å². The van der Waals surface area contributed by atoms with Crippen LogP contribution in [0, 0.1) is 5.92 Å². The molecule has 0 N–H and O–H groups in total. The summed E-state index contributed by atoms with van der Waals surface area (Å²) in [5, 5.41) is 0. The summed E-state index contributed by atoms with van der Waals surface area (Å²) in [5.41, 5.74) is 0. The zero-order valence-corrected chi connectivity index (χ0v) is 14.1. The molecule has 0 bridgehead atoms. The molecule has 0 fully saturated rings. The van der Waals surface area contributed by atoms with Gasteiger partial charge in [0.15, 0.2) is 0 Å². The Kier molecular flexibility index (Phi) is 11.3. The minimum atomic E-state index is 0.843. The maximum absolute atomic E-state index is 3.85. The van der Waals surface area contributed by atoms with Crippen LogP contribution < -0.4 is 0 Å². The molecular formula is C18H38N+. The first-order valence-electron chi connectivity index (χ1n) is 8.44. The molecule has 1 nitrogen and oxygen atoms in total. The summed E-state index contributed by atoms with van der Waals surface area (Å²) >= 11 is 0. The third kappa shape index (κ3) is 12.5. The van der Waals surface area contributed by atoms with Gasteiger partial charge in [-0.05, 0) is 12.5 Å². The van der Waals surface area contributed by atoms with Crippen LogP contribution in [0.15, 0.2) is 12.7 Å². The first kappa shape index (κ1) is 18.7. The predicted octanol–water partition coefficient (Wildman–Crippen LogP) is 5.42. The fourth-order valence-electron chi connectivity index (χ4n) is 2.99. The summed E-state index contributed by atoms with van der Waals surface area (Å²) in [6.45, 7) is 10.9. The standard InChI is InChI=1S/C18H38N/c1-6-8-9-10-11-12-13-14-15-18(3)17-19(4,5)16-7-2/h7,18H,2,6,8-17H2,1,3-5H3/q+1. The molecule has 0 aromatic heterocycles. The van der Waals surface area contributed by atoms with Gasteiger partial charge in [0.2, 0.25) is 0 Å². The number of hydrogen-bond donors (Lipinski definition) is 0. The Morgan fingerprint density at radius 1 is 0.947 bits per heavy atom. The highest BCUT2D eigenvalue weighted by Gasteiger charge is 2.16. The maximum Gasteiger partial charge on any atom is 0.0967 e. The van der Waals surface area contributed by atoms with Crippen LogP contribution in [0.5, 0.6) is 0 Å². The van der Waals surface area contributed by atoms with E-state index in [0.29, 0.717) is 0 Å². The van der Waals surface area contributed by atoms with E-state index in [4.69, 9.17) is 0 Å². The van der Waals surface area contributed by atoms with E-state index in [0.717, 1.165) is 16.9 Å². The topological polar surface area (TPSA) is 0 Å². The minimum absolute atomic E-state index is 0.843. The summed E-state index contributed by atoms with van der Waals surface area (Å²) in [6.07, 6.45) is 14.9. The Labute approximate surface area is 122 Å². The molecule has 19 heavy (non-hydrogen) atoms. The Bertz CT molecular complexity index is 208. The molecule has 0 aliphatic heterocycles. The lowest BCUT2D eigenvalue weighted by Crippen LogP contribution is -2.42. The Hall–Kier alpha value is -0.300. The largest absolute Gasteiger partial charge is 0.325 e. The van der Waals surface area contributed by atoms with E-state index < -0.39 is 0 Å². The first-order valence-corrected chi connectivity index (χ1v) is 8.44. The second-order valence-corrected chi connectivity index (χ2v) is 6.96. The number of hydrogen-bond acceptors (Lipinski definition) is 0. The fraction of sp³-hybridized carbons (Fsp3) is 0.889. The molecule has 0 aliphatic rings. The van der Waals surface area contributed by atoms with Crippen molar-refractivity contribution >= 4 is 0 Å². The van der Waals surface area contributed by atoms with Crippen LogP contribution in [-0.4, -0.2) is 31.7 Å². The summed E-state index contributed by atoms with van der Waals surface area (Å²) in [5.74, 6) is 0.843. The van der Waals surface area contributed by atoms with E-state index in [9.17, 15) is 0 Å². The van der Waals surface area contributed by atoms with Gasteiger partial charge in [0.1, 0.15) is 0 Å². The number of unbranched alkanes of at least 4 members (excludes halogenated alkanes) is 7. The van der Waals surface area contributed by atoms with E-state index in [1.54, 1.807) is 0 Å². The molecule has 0 rings (SSSR count). The zero-order valence-electron chi connectivity index (χ0n) is 14.1. The number of quaternary nitrogens is 1. The van der Waals surface area contributed by atoms with Crippen molar-refractivity contribution in [2.75, 3.05) is 27.2 Å². The van der Waals surface area contributed by atoms with E-state index in [-0.39, 0.29) is 0 Å². The molecule has 0 aromatic rings. The summed E-state index contributed by atoms with van der Waals surface area (Å²) in [4.78, 5) is 0. The average Bonchev–Trinajstić information content (AvgIpc) is 2.31. The number of likely N-dealkylation sites (N-methyl/N-ethyl adjacent to an activating group) is 1. The fourth-order valence-corrected chi connectivity index (χ4v) is 2.99. The first-order chi connectivity index (χ1) is 9.02. The molecule has 0 saturated carbocycles. The Balaban J connectivity index is 3.43. The molecular weight excluding hydrogens is 230 g/mol. The van der Waals surface area contributed by atoms with Crippen molar-refractivity contribution in [2.45, 2.75) is 71.6 Å². The smallest absolute Gasteiger partial charge is 0.0967 e. The average molecular weight is 269 g/mol. The number of rotatable bonds is 13. The monoisotopic (exact) mass is 268 g/mol. The van der Waals surface area contributed by atoms with Crippen molar-refractivity contribution in [3.05, 3.63) is 12.7 Å². The van der Waals surface area contributed by atoms with Gasteiger partial charge in [-0.2, -0.15) is 0 Å². The van der Waals surface area contributed by atoms with Gasteiger partial charge in [-0.15, -0.1) is 0 Å². The van der Waals surface area contributed by atoms with E-state index in [1.807, 2.05) is 6.08 Å². The van der Waals surface area contributed by atoms with Gasteiger partial charge >= 0.3 is 0 Å². The normalized spacial score (nSPS) is 13.5. The van der Waals surface area contributed by atoms with Crippen molar-refractivity contribution in [1.29, 1.82) is 0 Å². The molecule has 0 aromatic carbocycles. The maximum atomic E-state index is 3.85. The lowest BCUT2D eigenvalue weighted by atomic mass is 10.0. The molecule has 1 unspecified atom stereocenters. The second-order valence-electron chi connectivity index (χ2n) is 6.96. The second kappa shape index (κ2) is 11.5. The molecule has 0 aliphatic carbocycles. The van der Waals surface area contributed by atoms with E-state index in [2.05, 4.69) is 34.5 Å². The molecule has 0 saturated heterocycles. The van der Waals surface area contributed by atoms with Gasteiger partial charge < -0.3 is 4.48 Å². The SMILES string of the molecule is C=CC[N+](C)(C)CC(C)CCCCCCCCCC. The molecule has 0 spiro atoms. The van der Waals surface area contributed by atoms with Gasteiger partial charge in [0.05, 0.1) is 27.2 Å². The van der Waals surface area contributed by atoms with Gasteiger partial charge in [-0.3, -0.25) is 0 Å². The Morgan fingerprint density at radius 3 is 2.00 bits per heavy atom. The minimum Gasteiger partial charge on any atom is -0.325 e. The van der Waals surface area contributed by atoms with Crippen molar-refractivity contribution in [1.82, 2.24) is 0 Å². The third-order valence-corrected chi connectivity index (χ3v) is 3.98. The van der Waals surface area contributed by atoms with Crippen LogP contribution >= 0.6 is 0 Å². The van der Waals surface area contributed by atoms with Gasteiger partial charge in [-0.25, -0.2) is 0 Å². The molecule has 1 heteroatoms. The molecule has 0 radical (unpaired) electrons. The van der Waals surface area contributed by atoms with Gasteiger partial charge in [0.25, 0.3) is 0 Å². The lowest BCUT2D eigenvalue weighted by molar-refractivity contribution is -0.887. The molecule has 1 atom stereocenters. The van der Waals surface area contributed by atoms with Crippen molar-refractivity contribution in [3.63, 3.8) is 0 Å². The van der Waals surface area contributed by atoms with Gasteiger partial charge in [-0.1, -0.05) is 71.8 Å². The molecule has 0 heterocycles. The highest BCUT2D eigenvalue weighted by atomic mass is 15.3. The number of nitrogens with zero attached hydrogens (tertiary/aromatic N) is 1. The van der Waals surface area contributed by atoms with Crippen LogP contribution in [0.3, 0.4) is 0 Å². The van der Waals surface area contributed by atoms with E-state index in [1.165, 1.54) is 64.3 Å². The quantitative estimate of drug-likeness (QED) is 0.238. The highest BCUT2D eigenvalue weighted by molar-refractivity contribution is 4.65. The highest BCUT2D eigenvalue weighted by Crippen LogP contribution is 2.15. The van der Waals surface area contributed by atoms with Crippen molar-refractivity contribution < 1.29 is 4.48 Å². The summed E-state index contributed by atoms with van der Waals surface area (Å²) < 4.78 is 1.09. The van der Waals surface area contributed by atoms with Crippen LogP contribution in [0.4, 0.5) is 0 Å². The van der Waals surface area contributed by atoms with Crippen LogP contribution in [0.1, 0.15) is 71.6 Å². The van der Waals surface area contributed by atoms with Crippen molar-refractivity contribution in [3.8, 4) is 0 Å². The predicted molar refractivity (Wildman–Crippen MR) is 88.4 cm³/mol. The third-order valence-electron chi connectivity index (χ3n) is 3.98. The lowest BCUT2D eigenvalue weighted by Gasteiger charge is -2.31. The summed E-state index contributed by atoms with van der Waals surface area (Å²) in [7, 11) is 4.62. The van der Waals surface area contributed by atoms with Crippen LogP contribution in [0.25, 0.3) is 0 Å². The van der Waals surface area contributed by atoms with Crippen molar-refractivity contribution in [2.24, 2.45) is 5.92 Å². The molecule has 0 amide bonds. The van der Waals surface area contributed by atoms with Crippen LogP contribution in [-0.2, 0) is 0 Å². The Morgan fingerprint density at radius 2 is 1.47 bits per heavy atom.